The molecule has 2 rings (SSSR count). The lowest BCUT2D eigenvalue weighted by Gasteiger charge is -2.07. The molecular formula is C7H11B3O3. The molecule has 1 aromatic rings. The molecule has 0 aliphatic carbocycles. The summed E-state index contributed by atoms with van der Waals surface area (Å²) in [5.41, 5.74) is 1.32. The van der Waals surface area contributed by atoms with Gasteiger partial charge in [-0.1, -0.05) is 35.9 Å². The smallest absolute Gasteiger partial charge is 0.410 e. The van der Waals surface area contributed by atoms with E-state index in [9.17, 15) is 0 Å². The van der Waals surface area contributed by atoms with Crippen LogP contribution in [0, 0.1) is 6.92 Å². The molecule has 0 spiro atoms. The van der Waals surface area contributed by atoms with Gasteiger partial charge in [-0.3, -0.25) is 0 Å². The maximum atomic E-state index is 4.62. The largest absolute Gasteiger partial charge is 0.458 e. The van der Waals surface area contributed by atoms with Crippen molar-refractivity contribution in [1.29, 1.82) is 0 Å². The quantitative estimate of drug-likeness (QED) is 0.513. The van der Waals surface area contributed by atoms with E-state index in [1.54, 1.807) is 0 Å². The van der Waals surface area contributed by atoms with Crippen LogP contribution in [0.3, 0.4) is 0 Å². The third-order valence-electron chi connectivity index (χ3n) is 1.44. The molecule has 66 valence electrons. The molecule has 13 heavy (non-hydrogen) atoms. The first-order valence-electron chi connectivity index (χ1n) is 4.14. The van der Waals surface area contributed by atoms with E-state index < -0.39 is 0 Å². The van der Waals surface area contributed by atoms with Crippen LogP contribution in [0.15, 0.2) is 30.3 Å². The highest BCUT2D eigenvalue weighted by molar-refractivity contribution is 6.50. The zero-order valence-electron chi connectivity index (χ0n) is 7.73. The second kappa shape index (κ2) is 6.77. The summed E-state index contributed by atoms with van der Waals surface area (Å²) in [5.74, 6) is 0. The van der Waals surface area contributed by atoms with E-state index in [1.807, 2.05) is 18.2 Å². The van der Waals surface area contributed by atoms with E-state index in [-0.39, 0.29) is 0 Å². The standard InChI is InChI=1S/C7H8.B3H3O3/c1-7-5-3-2-4-6-7;1-4-2-6-3-5-1/h2-6H,1H3;1-3H. The van der Waals surface area contributed by atoms with Gasteiger partial charge in [0.1, 0.15) is 0 Å². The number of rotatable bonds is 0. The molecule has 0 aromatic heterocycles. The Kier molecular flexibility index (Phi) is 5.41. The molecule has 1 aromatic carbocycles. The highest BCUT2D eigenvalue weighted by Crippen LogP contribution is 1.92. The average molecular weight is 176 g/mol. The van der Waals surface area contributed by atoms with Crippen LogP contribution in [0.1, 0.15) is 5.56 Å². The minimum Gasteiger partial charge on any atom is -0.458 e. The monoisotopic (exact) mass is 176 g/mol. The van der Waals surface area contributed by atoms with Crippen molar-refractivity contribution in [3.05, 3.63) is 35.9 Å². The van der Waals surface area contributed by atoms with Gasteiger partial charge in [0.05, 0.1) is 0 Å². The summed E-state index contributed by atoms with van der Waals surface area (Å²) in [5, 5.41) is 0. The van der Waals surface area contributed by atoms with Gasteiger partial charge in [-0.2, -0.15) is 0 Å². The normalized spacial score (nSPS) is 13.9. The average Bonchev–Trinajstić information content (AvgIpc) is 2.22. The maximum absolute atomic E-state index is 4.62. The molecule has 3 nitrogen and oxygen atoms in total. The van der Waals surface area contributed by atoms with Gasteiger partial charge >= 0.3 is 23.1 Å². The Morgan fingerprint density at radius 2 is 1.31 bits per heavy atom. The molecule has 0 amide bonds. The molecule has 0 N–H and O–H groups in total. The van der Waals surface area contributed by atoms with Crippen molar-refractivity contribution in [3.8, 4) is 0 Å². The lowest BCUT2D eigenvalue weighted by Crippen LogP contribution is -2.23. The van der Waals surface area contributed by atoms with E-state index in [0.29, 0.717) is 23.1 Å². The van der Waals surface area contributed by atoms with Crippen molar-refractivity contribution in [2.75, 3.05) is 0 Å². The zero-order chi connectivity index (χ0) is 9.36. The Morgan fingerprint density at radius 1 is 0.846 bits per heavy atom. The molecule has 0 unspecified atom stereocenters. The Morgan fingerprint density at radius 3 is 1.54 bits per heavy atom. The maximum Gasteiger partial charge on any atom is 0.410 e. The first kappa shape index (κ1) is 10.4. The van der Waals surface area contributed by atoms with E-state index in [0.717, 1.165) is 0 Å². The van der Waals surface area contributed by atoms with Gasteiger partial charge in [0.15, 0.2) is 0 Å². The Bertz CT molecular complexity index is 204. The van der Waals surface area contributed by atoms with Gasteiger partial charge in [0, 0.05) is 0 Å². The van der Waals surface area contributed by atoms with E-state index >= 15 is 0 Å². The van der Waals surface area contributed by atoms with E-state index in [4.69, 9.17) is 0 Å². The molecule has 0 saturated carbocycles. The fourth-order valence-corrected chi connectivity index (χ4v) is 0.813. The third-order valence-corrected chi connectivity index (χ3v) is 1.44. The van der Waals surface area contributed by atoms with Crippen LogP contribution in [0.25, 0.3) is 0 Å². The molecule has 1 aliphatic rings. The van der Waals surface area contributed by atoms with Crippen LogP contribution < -0.4 is 0 Å². The minimum atomic E-state index is 0.375. The van der Waals surface area contributed by atoms with Crippen LogP contribution in [0.5, 0.6) is 0 Å². The predicted octanol–water partition coefficient (Wildman–Crippen LogP) is -0.156. The molecule has 0 atom stereocenters. The van der Waals surface area contributed by atoms with Gasteiger partial charge in [0.25, 0.3) is 0 Å². The highest BCUT2D eigenvalue weighted by atomic mass is 16.7. The van der Waals surface area contributed by atoms with Crippen molar-refractivity contribution in [2.45, 2.75) is 6.92 Å². The predicted molar refractivity (Wildman–Crippen MR) is 55.9 cm³/mol. The fraction of sp³-hybridized carbons (Fsp3) is 0.143. The number of hydrogen-bond donors (Lipinski definition) is 0. The van der Waals surface area contributed by atoms with Crippen molar-refractivity contribution in [2.24, 2.45) is 0 Å². The molecule has 1 aliphatic heterocycles. The summed E-state index contributed by atoms with van der Waals surface area (Å²) < 4.78 is 13.9. The third kappa shape index (κ3) is 5.52. The second-order valence-corrected chi connectivity index (χ2v) is 2.62. The van der Waals surface area contributed by atoms with Crippen LogP contribution in [-0.4, -0.2) is 23.1 Å². The SMILES string of the molecule is B1OBOBO1.Cc1ccccc1. The Balaban J connectivity index is 0.000000132. The molecule has 1 heterocycles. The van der Waals surface area contributed by atoms with Gasteiger partial charge in [-0.05, 0) is 6.92 Å². The second-order valence-electron chi connectivity index (χ2n) is 2.62. The Hall–Kier alpha value is -0.705. The summed E-state index contributed by atoms with van der Waals surface area (Å²) in [4.78, 5) is 0. The summed E-state index contributed by atoms with van der Waals surface area (Å²) in [7, 11) is 1.12. The number of aryl methyl sites for hydroxylation is 1. The van der Waals surface area contributed by atoms with Crippen LogP contribution in [-0.2, 0) is 13.7 Å². The van der Waals surface area contributed by atoms with Crippen LogP contribution >= 0.6 is 0 Å². The summed E-state index contributed by atoms with van der Waals surface area (Å²) >= 11 is 0. The summed E-state index contributed by atoms with van der Waals surface area (Å²) in [6, 6.07) is 10.3. The highest BCUT2D eigenvalue weighted by Gasteiger charge is 2.03. The summed E-state index contributed by atoms with van der Waals surface area (Å²) in [6.45, 7) is 2.08. The molecular weight excluding hydrogens is 165 g/mol. The molecule has 0 bridgehead atoms. The first-order valence-corrected chi connectivity index (χ1v) is 4.14. The van der Waals surface area contributed by atoms with Crippen molar-refractivity contribution in [3.63, 3.8) is 0 Å². The molecule has 0 radical (unpaired) electrons. The number of hydrogen-bond acceptors (Lipinski definition) is 3. The van der Waals surface area contributed by atoms with Gasteiger partial charge in [-0.25, -0.2) is 0 Å². The van der Waals surface area contributed by atoms with Gasteiger partial charge < -0.3 is 13.7 Å². The molecule has 6 heteroatoms. The lowest BCUT2D eigenvalue weighted by atomic mass is 10.1. The van der Waals surface area contributed by atoms with Crippen LogP contribution in [0.2, 0.25) is 0 Å². The number of benzene rings is 1. The van der Waals surface area contributed by atoms with Crippen molar-refractivity contribution < 1.29 is 13.7 Å². The van der Waals surface area contributed by atoms with E-state index in [1.165, 1.54) is 5.56 Å². The minimum absolute atomic E-state index is 0.375. The van der Waals surface area contributed by atoms with Gasteiger partial charge in [-0.15, -0.1) is 0 Å². The van der Waals surface area contributed by atoms with E-state index in [2.05, 4.69) is 32.8 Å². The zero-order valence-corrected chi connectivity index (χ0v) is 7.73. The van der Waals surface area contributed by atoms with Crippen molar-refractivity contribution >= 4 is 23.1 Å². The lowest BCUT2D eigenvalue weighted by molar-refractivity contribution is 0.347. The van der Waals surface area contributed by atoms with Gasteiger partial charge in [0.2, 0.25) is 0 Å². The first-order chi connectivity index (χ1) is 6.39. The molecule has 1 saturated heterocycles. The Labute approximate surface area is 80.3 Å². The van der Waals surface area contributed by atoms with Crippen LogP contribution in [0.4, 0.5) is 0 Å². The van der Waals surface area contributed by atoms with Crippen molar-refractivity contribution in [1.82, 2.24) is 0 Å². The fourth-order valence-electron chi connectivity index (χ4n) is 0.813. The topological polar surface area (TPSA) is 27.7 Å². The summed E-state index contributed by atoms with van der Waals surface area (Å²) in [6.07, 6.45) is 0. The molecule has 1 fully saturated rings.